The Labute approximate surface area is 277 Å². The number of carbonyl (C=O) groups excluding carboxylic acids is 2. The van der Waals surface area contributed by atoms with Crippen molar-refractivity contribution in [3.05, 3.63) is 69.1 Å². The van der Waals surface area contributed by atoms with Crippen LogP contribution in [0, 0.1) is 6.92 Å². The van der Waals surface area contributed by atoms with E-state index in [1.807, 2.05) is 11.9 Å². The first-order valence-electron chi connectivity index (χ1n) is 15.2. The van der Waals surface area contributed by atoms with Gasteiger partial charge >= 0.3 is 6.18 Å². The molecular weight excluding hydrogens is 655 g/mol. The van der Waals surface area contributed by atoms with Gasteiger partial charge < -0.3 is 29.7 Å². The number of amides is 2. The maximum Gasteiger partial charge on any atom is 0.416 e. The zero-order chi connectivity index (χ0) is 34.3. The summed E-state index contributed by atoms with van der Waals surface area (Å²) in [4.78, 5) is 62.6. The summed E-state index contributed by atoms with van der Waals surface area (Å²) in [6, 6.07) is 2.89. The van der Waals surface area contributed by atoms with Gasteiger partial charge in [-0.25, -0.2) is 19.9 Å². The van der Waals surface area contributed by atoms with Gasteiger partial charge in [-0.05, 0) is 44.4 Å². The number of hydrogen-bond acceptors (Lipinski definition) is 10. The number of aryl methyl sites for hydroxylation is 1. The number of carbonyl (C=O) groups is 2. The van der Waals surface area contributed by atoms with Gasteiger partial charge in [-0.15, -0.1) is 0 Å². The molecule has 1 aromatic carbocycles. The number of nitrogens with zero attached hydrogens (tertiary/aromatic N) is 8. The fraction of sp³-hybridized carbons (Fsp3) is 0.387. The Kier molecular flexibility index (Phi) is 8.85. The van der Waals surface area contributed by atoms with Gasteiger partial charge in [0.05, 0.1) is 28.2 Å². The van der Waals surface area contributed by atoms with Crippen LogP contribution in [-0.2, 0) is 17.5 Å². The lowest BCUT2D eigenvalue weighted by molar-refractivity contribution is -0.137. The average molecular weight is 686 g/mol. The highest BCUT2D eigenvalue weighted by atomic mass is 35.5. The molecule has 6 rings (SSSR count). The third-order valence-electron chi connectivity index (χ3n) is 8.72. The number of pyridine rings is 1. The molecule has 1 aliphatic heterocycles. The molecule has 1 aliphatic carbocycles. The Balaban J connectivity index is 1.29. The molecule has 48 heavy (non-hydrogen) atoms. The molecule has 4 heterocycles. The van der Waals surface area contributed by atoms with Crippen LogP contribution in [-0.4, -0.2) is 85.6 Å². The smallest absolute Gasteiger partial charge is 0.416 e. The Bertz CT molecular complexity index is 1960. The molecule has 0 radical (unpaired) electrons. The number of benzene rings is 1. The Morgan fingerprint density at radius 1 is 1.12 bits per heavy atom. The quantitative estimate of drug-likeness (QED) is 0.294. The molecular formula is C31H31ClF3N9O4. The van der Waals surface area contributed by atoms with E-state index in [2.05, 4.69) is 25.3 Å². The number of alkyl halides is 3. The van der Waals surface area contributed by atoms with Crippen molar-refractivity contribution in [2.24, 2.45) is 0 Å². The highest BCUT2D eigenvalue weighted by Gasteiger charge is 2.32. The molecule has 17 heteroatoms. The minimum absolute atomic E-state index is 0.0126. The molecule has 2 aliphatic rings. The molecule has 1 saturated heterocycles. The minimum Gasteiger partial charge on any atom is -0.504 e. The van der Waals surface area contributed by atoms with E-state index in [1.54, 1.807) is 11.8 Å². The molecule has 0 bridgehead atoms. The highest BCUT2D eigenvalue weighted by Crippen LogP contribution is 2.34. The van der Waals surface area contributed by atoms with Crippen LogP contribution < -0.4 is 20.5 Å². The number of anilines is 3. The number of halogens is 4. The zero-order valence-corrected chi connectivity index (χ0v) is 26.7. The van der Waals surface area contributed by atoms with E-state index in [-0.39, 0.29) is 83.5 Å². The molecule has 2 amide bonds. The van der Waals surface area contributed by atoms with E-state index < -0.39 is 29.0 Å². The summed E-state index contributed by atoms with van der Waals surface area (Å²) >= 11 is 6.06. The van der Waals surface area contributed by atoms with Crippen LogP contribution in [0.3, 0.4) is 0 Å². The molecule has 1 saturated carbocycles. The van der Waals surface area contributed by atoms with E-state index in [0.29, 0.717) is 5.82 Å². The summed E-state index contributed by atoms with van der Waals surface area (Å²) in [5.74, 6) is -0.883. The molecule has 13 nitrogen and oxygen atoms in total. The van der Waals surface area contributed by atoms with Crippen LogP contribution >= 0.6 is 11.6 Å². The summed E-state index contributed by atoms with van der Waals surface area (Å²) in [5.41, 5.74) is -0.797. The van der Waals surface area contributed by atoms with Gasteiger partial charge in [0.1, 0.15) is 24.4 Å². The van der Waals surface area contributed by atoms with Gasteiger partial charge in [0.2, 0.25) is 11.3 Å². The lowest BCUT2D eigenvalue weighted by Gasteiger charge is -2.36. The predicted octanol–water partition coefficient (Wildman–Crippen LogP) is 3.86. The van der Waals surface area contributed by atoms with Gasteiger partial charge in [0.15, 0.2) is 22.6 Å². The molecule has 3 aromatic heterocycles. The number of rotatable bonds is 7. The van der Waals surface area contributed by atoms with Crippen LogP contribution in [0.4, 0.5) is 30.4 Å². The molecule has 2 fully saturated rings. The lowest BCUT2D eigenvalue weighted by Crippen LogP contribution is -2.50. The molecule has 4 aromatic rings. The second-order valence-corrected chi connectivity index (χ2v) is 12.2. The summed E-state index contributed by atoms with van der Waals surface area (Å²) in [6.07, 6.45) is 2.70. The van der Waals surface area contributed by atoms with Crippen molar-refractivity contribution in [3.63, 3.8) is 0 Å². The van der Waals surface area contributed by atoms with Crippen LogP contribution in [0.5, 0.6) is 5.75 Å². The van der Waals surface area contributed by atoms with Crippen molar-refractivity contribution in [3.8, 4) is 5.75 Å². The first-order valence-corrected chi connectivity index (χ1v) is 15.5. The predicted molar refractivity (Wildman–Crippen MR) is 171 cm³/mol. The standard InChI is InChI=1S/C31H31ClF3N9O4/c1-17-27(46)26(38-16-37-17)30(48)43-10-8-42(9-11-43)22-14-44(15-24(45)39-21-7-6-18(12-20(21)32)31(33,34)35)29-25(28(22)47)40-23(13-36-29)41(2)19-4-3-5-19/h6-7,12-14,16,19,46H,3-5,8-11,15H2,1-2H3,(H,39,45). The average Bonchev–Trinajstić information content (AvgIpc) is 3.03. The Hall–Kier alpha value is -4.99. The van der Waals surface area contributed by atoms with Crippen LogP contribution in [0.2, 0.25) is 5.02 Å². The van der Waals surface area contributed by atoms with E-state index in [0.717, 1.165) is 37.5 Å². The van der Waals surface area contributed by atoms with E-state index in [1.165, 1.54) is 28.2 Å². The van der Waals surface area contributed by atoms with Crippen molar-refractivity contribution in [1.29, 1.82) is 0 Å². The van der Waals surface area contributed by atoms with Crippen molar-refractivity contribution >= 4 is 51.8 Å². The van der Waals surface area contributed by atoms with Crippen molar-refractivity contribution < 1.29 is 27.9 Å². The SMILES string of the molecule is Cc1ncnc(C(=O)N2CCN(c3cn(CC(=O)Nc4ccc(C(F)(F)F)cc4Cl)c4ncc(N(C)C5CCC5)nc4c3=O)CC2)c1O. The van der Waals surface area contributed by atoms with E-state index in [9.17, 15) is 32.7 Å². The normalized spacial score (nSPS) is 15.4. The van der Waals surface area contributed by atoms with Crippen LogP contribution in [0.25, 0.3) is 11.2 Å². The maximum atomic E-state index is 13.9. The number of nitrogens with one attached hydrogen (secondary N) is 1. The summed E-state index contributed by atoms with van der Waals surface area (Å²) in [7, 11) is 1.89. The maximum absolute atomic E-state index is 13.9. The monoisotopic (exact) mass is 685 g/mol. The number of piperazine rings is 1. The number of hydrogen-bond donors (Lipinski definition) is 2. The van der Waals surface area contributed by atoms with Crippen molar-refractivity contribution in [1.82, 2.24) is 29.4 Å². The third kappa shape index (κ3) is 6.43. The van der Waals surface area contributed by atoms with Gasteiger partial charge in [-0.1, -0.05) is 11.6 Å². The van der Waals surface area contributed by atoms with Crippen molar-refractivity contribution in [2.45, 2.75) is 44.9 Å². The first kappa shape index (κ1) is 32.9. The summed E-state index contributed by atoms with van der Waals surface area (Å²) < 4.78 is 40.8. The van der Waals surface area contributed by atoms with Gasteiger partial charge in [-0.3, -0.25) is 14.4 Å². The van der Waals surface area contributed by atoms with Gasteiger partial charge in [0.25, 0.3) is 5.91 Å². The molecule has 252 valence electrons. The molecule has 0 spiro atoms. The topological polar surface area (TPSA) is 150 Å². The van der Waals surface area contributed by atoms with Gasteiger partial charge in [-0.2, -0.15) is 13.2 Å². The second kappa shape index (κ2) is 12.9. The molecule has 0 atom stereocenters. The fourth-order valence-electron chi connectivity index (χ4n) is 5.66. The third-order valence-corrected chi connectivity index (χ3v) is 9.03. The number of aromatic nitrogens is 5. The van der Waals surface area contributed by atoms with Crippen LogP contribution in [0.1, 0.15) is 41.0 Å². The zero-order valence-electron chi connectivity index (χ0n) is 26.0. The fourth-order valence-corrected chi connectivity index (χ4v) is 5.89. The second-order valence-electron chi connectivity index (χ2n) is 11.7. The number of aromatic hydroxyl groups is 1. The van der Waals surface area contributed by atoms with E-state index >= 15 is 0 Å². The summed E-state index contributed by atoms with van der Waals surface area (Å²) in [6.45, 7) is 2.12. The van der Waals surface area contributed by atoms with E-state index in [4.69, 9.17) is 11.6 Å². The van der Waals surface area contributed by atoms with Crippen LogP contribution in [0.15, 0.2) is 41.7 Å². The van der Waals surface area contributed by atoms with Gasteiger partial charge in [0, 0.05) is 45.5 Å². The minimum atomic E-state index is -4.60. The highest BCUT2D eigenvalue weighted by molar-refractivity contribution is 6.33. The lowest BCUT2D eigenvalue weighted by atomic mass is 9.92. The summed E-state index contributed by atoms with van der Waals surface area (Å²) in [5, 5.41) is 12.6. The first-order chi connectivity index (χ1) is 22.8. The molecule has 0 unspecified atom stereocenters. The Morgan fingerprint density at radius 3 is 2.50 bits per heavy atom. The largest absolute Gasteiger partial charge is 0.504 e. The molecule has 2 N–H and O–H groups in total. The van der Waals surface area contributed by atoms with Crippen molar-refractivity contribution in [2.75, 3.05) is 48.3 Å². The number of fused-ring (bicyclic) bond motifs is 1. The Morgan fingerprint density at radius 2 is 1.85 bits per heavy atom.